The van der Waals surface area contributed by atoms with Crippen molar-refractivity contribution in [2.45, 2.75) is 43.9 Å². The number of halogens is 3. The van der Waals surface area contributed by atoms with Gasteiger partial charge in [0.1, 0.15) is 51.7 Å². The lowest BCUT2D eigenvalue weighted by atomic mass is 10.1. The Morgan fingerprint density at radius 2 is 1.93 bits per heavy atom. The number of aryl methyl sites for hydroxylation is 1. The van der Waals surface area contributed by atoms with Crippen molar-refractivity contribution in [3.05, 3.63) is 47.8 Å². The third-order valence-electron chi connectivity index (χ3n) is 4.41. The standard InChI is InChI=1S/C19H20F3N6S/c1-5-28-15-8-16(19(20,21)22)25-11-14(15)26-17(28)18(2,3)27-29(4)13-7-6-12(9-23)24-10-13/h6-8,10-11,27H,5H2,1-4H3/q+1. The number of aromatic nitrogens is 4. The Bertz CT molecular complexity index is 1070. The Balaban J connectivity index is 1.97. The minimum absolute atomic E-state index is 0.339. The molecule has 3 rings (SSSR count). The van der Waals surface area contributed by atoms with Crippen molar-refractivity contribution >= 4 is 22.1 Å². The Labute approximate surface area is 169 Å². The fraction of sp³-hybridized carbons (Fsp3) is 0.368. The van der Waals surface area contributed by atoms with Crippen molar-refractivity contribution < 1.29 is 13.2 Å². The molecule has 0 saturated carbocycles. The number of nitriles is 1. The minimum Gasteiger partial charge on any atom is -0.326 e. The molecule has 0 amide bonds. The van der Waals surface area contributed by atoms with E-state index in [4.69, 9.17) is 5.26 Å². The van der Waals surface area contributed by atoms with E-state index in [9.17, 15) is 13.2 Å². The summed E-state index contributed by atoms with van der Waals surface area (Å²) in [4.78, 5) is 13.1. The predicted molar refractivity (Wildman–Crippen MR) is 105 cm³/mol. The number of imidazole rings is 1. The van der Waals surface area contributed by atoms with Gasteiger partial charge in [-0.3, -0.25) is 0 Å². The summed E-state index contributed by atoms with van der Waals surface area (Å²) in [6.45, 7) is 6.19. The number of hydrogen-bond acceptors (Lipinski definition) is 5. The van der Waals surface area contributed by atoms with Crippen LogP contribution in [0.25, 0.3) is 11.0 Å². The van der Waals surface area contributed by atoms with Gasteiger partial charge in [0.2, 0.25) is 0 Å². The maximum absolute atomic E-state index is 13.1. The first-order valence-electron chi connectivity index (χ1n) is 8.80. The van der Waals surface area contributed by atoms with Gasteiger partial charge in [-0.05, 0) is 39.0 Å². The van der Waals surface area contributed by atoms with E-state index in [0.717, 1.165) is 11.0 Å². The lowest BCUT2D eigenvalue weighted by Crippen LogP contribution is -2.42. The summed E-state index contributed by atoms with van der Waals surface area (Å²) in [7, 11) is 0. The second kappa shape index (κ2) is 7.65. The molecule has 0 bridgehead atoms. The van der Waals surface area contributed by atoms with Crippen LogP contribution in [0.3, 0.4) is 0 Å². The summed E-state index contributed by atoms with van der Waals surface area (Å²) in [6.07, 6.45) is 0.281. The van der Waals surface area contributed by atoms with Gasteiger partial charge < -0.3 is 4.57 Å². The molecule has 152 valence electrons. The van der Waals surface area contributed by atoms with Crippen LogP contribution in [0, 0.1) is 11.3 Å². The third kappa shape index (κ3) is 4.21. The summed E-state index contributed by atoms with van der Waals surface area (Å²) in [6, 6.07) is 6.51. The van der Waals surface area contributed by atoms with E-state index in [2.05, 4.69) is 19.7 Å². The van der Waals surface area contributed by atoms with Crippen LogP contribution in [0.4, 0.5) is 13.2 Å². The molecule has 0 radical (unpaired) electrons. The number of pyridine rings is 2. The second-order valence-electron chi connectivity index (χ2n) is 6.96. The molecule has 3 aromatic rings. The largest absolute Gasteiger partial charge is 0.433 e. The van der Waals surface area contributed by atoms with Gasteiger partial charge in [-0.1, -0.05) is 0 Å². The first kappa shape index (κ1) is 21.1. The molecular weight excluding hydrogens is 401 g/mol. The number of rotatable bonds is 5. The summed E-state index contributed by atoms with van der Waals surface area (Å²) in [5.74, 6) is 0.622. The highest BCUT2D eigenvalue weighted by atomic mass is 32.2. The number of nitrogens with zero attached hydrogens (tertiary/aromatic N) is 5. The molecule has 6 nitrogen and oxygen atoms in total. The topological polar surface area (TPSA) is 79.4 Å². The van der Waals surface area contributed by atoms with Gasteiger partial charge in [0.25, 0.3) is 0 Å². The molecular formula is C19H20F3N6S+. The summed E-state index contributed by atoms with van der Waals surface area (Å²) >= 11 is -0.435. The molecule has 0 saturated heterocycles. The van der Waals surface area contributed by atoms with Gasteiger partial charge in [-0.25, -0.2) is 15.0 Å². The zero-order valence-corrected chi connectivity index (χ0v) is 17.2. The van der Waals surface area contributed by atoms with E-state index in [-0.39, 0.29) is 0 Å². The average Bonchev–Trinajstić information content (AvgIpc) is 3.06. The number of hydrogen-bond donors (Lipinski definition) is 1. The van der Waals surface area contributed by atoms with E-state index in [1.807, 2.05) is 39.2 Å². The first-order chi connectivity index (χ1) is 13.6. The zero-order valence-electron chi connectivity index (χ0n) is 16.4. The molecule has 10 heteroatoms. The predicted octanol–water partition coefficient (Wildman–Crippen LogP) is 3.78. The molecule has 1 atom stereocenters. The molecule has 0 aromatic carbocycles. The maximum atomic E-state index is 13.1. The highest BCUT2D eigenvalue weighted by molar-refractivity contribution is 7.94. The van der Waals surface area contributed by atoms with E-state index in [1.54, 1.807) is 16.8 Å². The van der Waals surface area contributed by atoms with Crippen LogP contribution in [0.2, 0.25) is 0 Å². The second-order valence-corrected chi connectivity index (χ2v) is 8.66. The monoisotopic (exact) mass is 421 g/mol. The van der Waals surface area contributed by atoms with Gasteiger partial charge in [0.05, 0.1) is 17.9 Å². The minimum atomic E-state index is -4.51. The zero-order chi connectivity index (χ0) is 21.4. The van der Waals surface area contributed by atoms with E-state index in [0.29, 0.717) is 29.1 Å². The van der Waals surface area contributed by atoms with Crippen molar-refractivity contribution in [1.82, 2.24) is 24.2 Å². The van der Waals surface area contributed by atoms with Crippen LogP contribution in [0.15, 0.2) is 35.5 Å². The molecule has 3 heterocycles. The first-order valence-corrected chi connectivity index (χ1v) is 10.4. The molecule has 29 heavy (non-hydrogen) atoms. The van der Waals surface area contributed by atoms with Crippen LogP contribution in [-0.4, -0.2) is 25.8 Å². The van der Waals surface area contributed by atoms with Crippen LogP contribution in [-0.2, 0) is 29.3 Å². The molecule has 1 unspecified atom stereocenters. The molecule has 0 aliphatic heterocycles. The highest BCUT2D eigenvalue weighted by Gasteiger charge is 2.36. The maximum Gasteiger partial charge on any atom is 0.433 e. The summed E-state index contributed by atoms with van der Waals surface area (Å²) in [5.41, 5.74) is -0.419. The molecule has 0 fully saturated rings. The van der Waals surface area contributed by atoms with E-state index in [1.165, 1.54) is 6.20 Å². The van der Waals surface area contributed by atoms with Crippen molar-refractivity contribution in [3.63, 3.8) is 0 Å². The smallest absolute Gasteiger partial charge is 0.326 e. The third-order valence-corrected chi connectivity index (χ3v) is 6.18. The Kier molecular flexibility index (Phi) is 5.56. The van der Waals surface area contributed by atoms with Gasteiger partial charge >= 0.3 is 6.18 Å². The fourth-order valence-electron chi connectivity index (χ4n) is 3.10. The number of nitrogens with one attached hydrogen (secondary N) is 1. The van der Waals surface area contributed by atoms with Crippen LogP contribution < -0.4 is 4.72 Å². The van der Waals surface area contributed by atoms with Crippen LogP contribution in [0.1, 0.15) is 38.0 Å². The Hall–Kier alpha value is -2.64. The summed E-state index contributed by atoms with van der Waals surface area (Å²) < 4.78 is 44.5. The summed E-state index contributed by atoms with van der Waals surface area (Å²) in [5, 5.41) is 8.89. The molecule has 0 aliphatic rings. The molecule has 0 aliphatic carbocycles. The number of alkyl halides is 3. The van der Waals surface area contributed by atoms with Crippen LogP contribution >= 0.6 is 0 Å². The number of fused-ring (bicyclic) bond motifs is 1. The van der Waals surface area contributed by atoms with Crippen molar-refractivity contribution in [2.75, 3.05) is 6.26 Å². The Morgan fingerprint density at radius 3 is 2.48 bits per heavy atom. The van der Waals surface area contributed by atoms with Crippen LogP contribution in [0.5, 0.6) is 0 Å². The average molecular weight is 421 g/mol. The van der Waals surface area contributed by atoms with Gasteiger partial charge in [0.15, 0.2) is 4.90 Å². The lowest BCUT2D eigenvalue weighted by Gasteiger charge is -2.24. The molecule has 3 aromatic heterocycles. The van der Waals surface area contributed by atoms with Gasteiger partial charge in [0, 0.05) is 6.54 Å². The van der Waals surface area contributed by atoms with E-state index >= 15 is 0 Å². The van der Waals surface area contributed by atoms with E-state index < -0.39 is 28.5 Å². The quantitative estimate of drug-likeness (QED) is 0.634. The van der Waals surface area contributed by atoms with Gasteiger partial charge in [-0.15, -0.1) is 4.72 Å². The van der Waals surface area contributed by atoms with Crippen molar-refractivity contribution in [3.8, 4) is 6.07 Å². The highest BCUT2D eigenvalue weighted by Crippen LogP contribution is 2.32. The molecule has 0 spiro atoms. The normalized spacial score (nSPS) is 13.4. The van der Waals surface area contributed by atoms with Gasteiger partial charge in [-0.2, -0.15) is 18.4 Å². The van der Waals surface area contributed by atoms with Crippen molar-refractivity contribution in [1.29, 1.82) is 5.26 Å². The molecule has 1 N–H and O–H groups in total. The fourth-order valence-corrected chi connectivity index (χ4v) is 4.55. The van der Waals surface area contributed by atoms with Crippen molar-refractivity contribution in [2.24, 2.45) is 0 Å². The lowest BCUT2D eigenvalue weighted by molar-refractivity contribution is -0.141. The SMILES string of the molecule is CCn1c(C(C)(C)N[S+](C)c2ccc(C#N)nc2)nc2cnc(C(F)(F)F)cc21. The Morgan fingerprint density at radius 1 is 1.21 bits per heavy atom.